The summed E-state index contributed by atoms with van der Waals surface area (Å²) in [5, 5.41) is 9.16. The molecule has 2 rings (SSSR count). The molecular formula is C16H17FO2. The highest BCUT2D eigenvalue weighted by atomic mass is 19.1. The summed E-state index contributed by atoms with van der Waals surface area (Å²) in [6.45, 7) is 2.28. The smallest absolute Gasteiger partial charge is 0.125 e. The second-order valence-corrected chi connectivity index (χ2v) is 4.37. The predicted molar refractivity (Wildman–Crippen MR) is 72.5 cm³/mol. The molecule has 0 spiro atoms. The second kappa shape index (κ2) is 6.34. The third kappa shape index (κ3) is 3.55. The maximum absolute atomic E-state index is 13.0. The van der Waals surface area contributed by atoms with Crippen molar-refractivity contribution in [1.82, 2.24) is 0 Å². The molecule has 0 aliphatic heterocycles. The number of ether oxygens (including phenoxy) is 1. The number of hydrogen-bond donors (Lipinski definition) is 1. The second-order valence-electron chi connectivity index (χ2n) is 4.37. The summed E-state index contributed by atoms with van der Waals surface area (Å²) in [4.78, 5) is 0. The number of aliphatic hydroxyl groups is 1. The molecule has 0 saturated heterocycles. The van der Waals surface area contributed by atoms with Gasteiger partial charge in [-0.1, -0.05) is 31.2 Å². The van der Waals surface area contributed by atoms with E-state index in [4.69, 9.17) is 9.84 Å². The van der Waals surface area contributed by atoms with Crippen LogP contribution in [0.5, 0.6) is 5.75 Å². The molecule has 0 aromatic heterocycles. The van der Waals surface area contributed by atoms with Gasteiger partial charge in [0.2, 0.25) is 0 Å². The normalized spacial score (nSPS) is 10.5. The molecule has 0 aliphatic rings. The topological polar surface area (TPSA) is 29.5 Å². The van der Waals surface area contributed by atoms with E-state index in [2.05, 4.69) is 19.1 Å². The molecule has 0 fully saturated rings. The molecule has 0 radical (unpaired) electrons. The molecule has 0 saturated carbocycles. The van der Waals surface area contributed by atoms with Gasteiger partial charge in [-0.2, -0.15) is 0 Å². The third-order valence-corrected chi connectivity index (χ3v) is 3.02. The van der Waals surface area contributed by atoms with Gasteiger partial charge in [-0.3, -0.25) is 0 Å². The maximum atomic E-state index is 13.0. The molecule has 2 aromatic rings. The average molecular weight is 260 g/mol. The summed E-state index contributed by atoms with van der Waals surface area (Å²) < 4.78 is 18.6. The fourth-order valence-electron chi connectivity index (χ4n) is 1.84. The Hall–Kier alpha value is -1.87. The van der Waals surface area contributed by atoms with Crippen LogP contribution in [-0.2, 0) is 19.6 Å². The van der Waals surface area contributed by atoms with Crippen molar-refractivity contribution in [2.75, 3.05) is 0 Å². The van der Waals surface area contributed by atoms with Gasteiger partial charge < -0.3 is 9.84 Å². The minimum absolute atomic E-state index is 0.234. The Balaban J connectivity index is 2.05. The first-order valence-electron chi connectivity index (χ1n) is 6.33. The molecular weight excluding hydrogens is 243 g/mol. The number of hydrogen-bond acceptors (Lipinski definition) is 2. The molecule has 0 bridgehead atoms. The van der Waals surface area contributed by atoms with Crippen LogP contribution in [0.3, 0.4) is 0 Å². The molecule has 0 amide bonds. The SMILES string of the molecule is CCc1ccc(COc2ccc(F)cc2CO)cc1. The van der Waals surface area contributed by atoms with Crippen molar-refractivity contribution in [2.45, 2.75) is 26.6 Å². The van der Waals surface area contributed by atoms with Crippen LogP contribution in [0.4, 0.5) is 4.39 Å². The van der Waals surface area contributed by atoms with Gasteiger partial charge in [0.15, 0.2) is 0 Å². The number of aryl methyl sites for hydroxylation is 1. The summed E-state index contributed by atoms with van der Waals surface area (Å²) >= 11 is 0. The van der Waals surface area contributed by atoms with E-state index >= 15 is 0 Å². The first-order valence-corrected chi connectivity index (χ1v) is 6.33. The highest BCUT2D eigenvalue weighted by Gasteiger charge is 2.05. The lowest BCUT2D eigenvalue weighted by atomic mass is 10.1. The van der Waals surface area contributed by atoms with Gasteiger partial charge >= 0.3 is 0 Å². The number of halogens is 1. The number of rotatable bonds is 5. The van der Waals surface area contributed by atoms with Gasteiger partial charge in [0.1, 0.15) is 18.2 Å². The van der Waals surface area contributed by atoms with Crippen LogP contribution in [0.2, 0.25) is 0 Å². The van der Waals surface area contributed by atoms with Gasteiger partial charge in [-0.15, -0.1) is 0 Å². The predicted octanol–water partition coefficient (Wildman–Crippen LogP) is 3.46. The van der Waals surface area contributed by atoms with Crippen molar-refractivity contribution in [3.05, 3.63) is 65.0 Å². The lowest BCUT2D eigenvalue weighted by Crippen LogP contribution is -1.99. The van der Waals surface area contributed by atoms with E-state index in [0.29, 0.717) is 17.9 Å². The van der Waals surface area contributed by atoms with E-state index in [1.807, 2.05) is 12.1 Å². The quantitative estimate of drug-likeness (QED) is 0.892. The van der Waals surface area contributed by atoms with Crippen molar-refractivity contribution < 1.29 is 14.2 Å². The largest absolute Gasteiger partial charge is 0.489 e. The summed E-state index contributed by atoms with van der Waals surface area (Å²) in [5.41, 5.74) is 2.79. The third-order valence-electron chi connectivity index (χ3n) is 3.02. The monoisotopic (exact) mass is 260 g/mol. The van der Waals surface area contributed by atoms with Crippen molar-refractivity contribution in [3.8, 4) is 5.75 Å². The number of benzene rings is 2. The van der Waals surface area contributed by atoms with E-state index in [1.54, 1.807) is 6.07 Å². The van der Waals surface area contributed by atoms with E-state index in [9.17, 15) is 4.39 Å². The summed E-state index contributed by atoms with van der Waals surface area (Å²) in [5.74, 6) is 0.146. The lowest BCUT2D eigenvalue weighted by molar-refractivity contribution is 0.258. The molecule has 0 heterocycles. The van der Waals surface area contributed by atoms with Gasteiger partial charge in [0.05, 0.1) is 6.61 Å². The Bertz CT molecular complexity index is 535. The van der Waals surface area contributed by atoms with Crippen molar-refractivity contribution in [2.24, 2.45) is 0 Å². The Morgan fingerprint density at radius 2 is 1.74 bits per heavy atom. The van der Waals surface area contributed by atoms with E-state index in [1.165, 1.54) is 17.7 Å². The van der Waals surface area contributed by atoms with Crippen LogP contribution >= 0.6 is 0 Å². The Labute approximate surface area is 112 Å². The molecule has 100 valence electrons. The first-order chi connectivity index (χ1) is 9.22. The van der Waals surface area contributed by atoms with Crippen molar-refractivity contribution in [1.29, 1.82) is 0 Å². The Kier molecular flexibility index (Phi) is 4.53. The van der Waals surface area contributed by atoms with Crippen LogP contribution in [0, 0.1) is 5.82 Å². The van der Waals surface area contributed by atoms with E-state index in [0.717, 1.165) is 12.0 Å². The molecule has 0 unspecified atom stereocenters. The summed E-state index contributed by atoms with van der Waals surface area (Å²) in [6.07, 6.45) is 1.01. The lowest BCUT2D eigenvalue weighted by Gasteiger charge is -2.10. The zero-order valence-electron chi connectivity index (χ0n) is 10.9. The summed E-state index contributed by atoms with van der Waals surface area (Å²) in [7, 11) is 0. The van der Waals surface area contributed by atoms with Crippen LogP contribution in [-0.4, -0.2) is 5.11 Å². The van der Waals surface area contributed by atoms with Gasteiger partial charge in [-0.25, -0.2) is 4.39 Å². The summed E-state index contributed by atoms with van der Waals surface area (Å²) in [6, 6.07) is 12.3. The molecule has 0 atom stereocenters. The van der Waals surface area contributed by atoms with Crippen LogP contribution in [0.15, 0.2) is 42.5 Å². The first kappa shape index (κ1) is 13.6. The highest BCUT2D eigenvalue weighted by molar-refractivity contribution is 5.33. The van der Waals surface area contributed by atoms with Crippen molar-refractivity contribution >= 4 is 0 Å². The van der Waals surface area contributed by atoms with Gasteiger partial charge in [0.25, 0.3) is 0 Å². The molecule has 0 aliphatic carbocycles. The average Bonchev–Trinajstić information content (AvgIpc) is 2.46. The van der Waals surface area contributed by atoms with Crippen LogP contribution in [0.25, 0.3) is 0 Å². The fraction of sp³-hybridized carbons (Fsp3) is 0.250. The molecule has 2 nitrogen and oxygen atoms in total. The van der Waals surface area contributed by atoms with E-state index < -0.39 is 0 Å². The number of aliphatic hydroxyl groups excluding tert-OH is 1. The molecule has 19 heavy (non-hydrogen) atoms. The zero-order valence-corrected chi connectivity index (χ0v) is 10.9. The van der Waals surface area contributed by atoms with Gasteiger partial charge in [-0.05, 0) is 35.7 Å². The maximum Gasteiger partial charge on any atom is 0.125 e. The Morgan fingerprint density at radius 1 is 1.05 bits per heavy atom. The molecule has 1 N–H and O–H groups in total. The zero-order chi connectivity index (χ0) is 13.7. The van der Waals surface area contributed by atoms with Crippen LogP contribution < -0.4 is 4.74 Å². The Morgan fingerprint density at radius 3 is 2.37 bits per heavy atom. The standard InChI is InChI=1S/C16H17FO2/c1-2-12-3-5-13(6-4-12)11-19-16-8-7-15(17)9-14(16)10-18/h3-9,18H,2,10-11H2,1H3. The fourth-order valence-corrected chi connectivity index (χ4v) is 1.84. The van der Waals surface area contributed by atoms with Crippen LogP contribution in [0.1, 0.15) is 23.6 Å². The molecule has 3 heteroatoms. The molecule has 2 aromatic carbocycles. The highest BCUT2D eigenvalue weighted by Crippen LogP contribution is 2.21. The van der Waals surface area contributed by atoms with Gasteiger partial charge in [0, 0.05) is 5.56 Å². The van der Waals surface area contributed by atoms with E-state index in [-0.39, 0.29) is 12.4 Å². The minimum atomic E-state index is -0.372. The van der Waals surface area contributed by atoms with Crippen molar-refractivity contribution in [3.63, 3.8) is 0 Å². The minimum Gasteiger partial charge on any atom is -0.489 e.